The fourth-order valence-electron chi connectivity index (χ4n) is 1.34. The normalized spacial score (nSPS) is 10.5. The first-order valence-electron chi connectivity index (χ1n) is 4.67. The highest BCUT2D eigenvalue weighted by molar-refractivity contribution is 7.98. The molecule has 0 aliphatic rings. The fourth-order valence-corrected chi connectivity index (χ4v) is 1.75. The molecule has 0 amide bonds. The van der Waals surface area contributed by atoms with E-state index < -0.39 is 0 Å². The summed E-state index contributed by atoms with van der Waals surface area (Å²) >= 11 is 1.73. The molecule has 0 unspecified atom stereocenters. The van der Waals surface area contributed by atoms with Crippen LogP contribution >= 0.6 is 11.8 Å². The molecule has 4 heteroatoms. The number of rotatable bonds is 2. The molecular formula is C11H13N3S. The third kappa shape index (κ3) is 1.99. The summed E-state index contributed by atoms with van der Waals surface area (Å²) in [5, 5.41) is 4.22. The van der Waals surface area contributed by atoms with Gasteiger partial charge in [0.05, 0.1) is 5.69 Å². The zero-order valence-corrected chi connectivity index (χ0v) is 9.58. The summed E-state index contributed by atoms with van der Waals surface area (Å²) in [6, 6.07) is 8.23. The second-order valence-electron chi connectivity index (χ2n) is 3.34. The number of hydrogen-bond acceptors (Lipinski definition) is 3. The molecule has 3 nitrogen and oxygen atoms in total. The average Bonchev–Trinajstić information content (AvgIpc) is 2.59. The summed E-state index contributed by atoms with van der Waals surface area (Å²) in [5.74, 6) is 0.587. The lowest BCUT2D eigenvalue weighted by molar-refractivity contribution is 0.884. The molecule has 0 fully saturated rings. The summed E-state index contributed by atoms with van der Waals surface area (Å²) < 4.78 is 1.80. The quantitative estimate of drug-likeness (QED) is 0.789. The number of nitrogen functional groups attached to an aromatic ring is 1. The maximum absolute atomic E-state index is 5.70. The van der Waals surface area contributed by atoms with Crippen molar-refractivity contribution in [2.24, 2.45) is 0 Å². The van der Waals surface area contributed by atoms with Crippen LogP contribution in [0.1, 0.15) is 5.56 Å². The van der Waals surface area contributed by atoms with Crippen molar-refractivity contribution in [2.75, 3.05) is 12.0 Å². The first kappa shape index (κ1) is 10.1. The number of hydrogen-bond donors (Lipinski definition) is 1. The first-order chi connectivity index (χ1) is 7.20. The second kappa shape index (κ2) is 3.98. The number of aryl methyl sites for hydroxylation is 1. The Morgan fingerprint density at radius 3 is 2.40 bits per heavy atom. The lowest BCUT2D eigenvalue weighted by Gasteiger charge is -2.01. The van der Waals surface area contributed by atoms with Gasteiger partial charge in [0, 0.05) is 16.7 Å². The molecule has 0 spiro atoms. The predicted octanol–water partition coefficient (Wildman–Crippen LogP) is 2.48. The number of benzene rings is 1. The minimum absolute atomic E-state index is 0.587. The van der Waals surface area contributed by atoms with Crippen LogP contribution in [0, 0.1) is 6.92 Å². The van der Waals surface area contributed by atoms with Gasteiger partial charge in [-0.25, -0.2) is 4.68 Å². The average molecular weight is 219 g/mol. The van der Waals surface area contributed by atoms with E-state index in [1.807, 2.05) is 25.3 Å². The van der Waals surface area contributed by atoms with Crippen LogP contribution in [-0.2, 0) is 0 Å². The lowest BCUT2D eigenvalue weighted by atomic mass is 10.3. The van der Waals surface area contributed by atoms with Crippen molar-refractivity contribution in [3.63, 3.8) is 0 Å². The third-order valence-electron chi connectivity index (χ3n) is 2.27. The van der Waals surface area contributed by atoms with Crippen molar-refractivity contribution in [3.8, 4) is 5.69 Å². The van der Waals surface area contributed by atoms with Gasteiger partial charge in [-0.15, -0.1) is 11.8 Å². The van der Waals surface area contributed by atoms with Crippen molar-refractivity contribution in [1.82, 2.24) is 9.78 Å². The molecule has 1 aromatic heterocycles. The van der Waals surface area contributed by atoms with Crippen LogP contribution in [0.15, 0.2) is 35.4 Å². The molecule has 2 N–H and O–H groups in total. The van der Waals surface area contributed by atoms with Crippen LogP contribution in [0.25, 0.3) is 5.69 Å². The highest BCUT2D eigenvalue weighted by Gasteiger charge is 2.02. The Labute approximate surface area is 93.3 Å². The van der Waals surface area contributed by atoms with Gasteiger partial charge in [-0.1, -0.05) is 0 Å². The number of nitrogens with two attached hydrogens (primary N) is 1. The molecule has 0 aliphatic heterocycles. The summed E-state index contributed by atoms with van der Waals surface area (Å²) in [4.78, 5) is 1.25. The molecule has 0 atom stereocenters. The number of anilines is 1. The predicted molar refractivity (Wildman–Crippen MR) is 64.5 cm³/mol. The van der Waals surface area contributed by atoms with Crippen LogP contribution in [0.2, 0.25) is 0 Å². The molecule has 2 rings (SSSR count). The molecule has 2 aromatic rings. The summed E-state index contributed by atoms with van der Waals surface area (Å²) in [5.41, 5.74) is 7.74. The molecule has 0 saturated carbocycles. The number of thioether (sulfide) groups is 1. The van der Waals surface area contributed by atoms with Gasteiger partial charge in [0.15, 0.2) is 0 Å². The molecule has 1 heterocycles. The number of nitrogens with zero attached hydrogens (tertiary/aromatic N) is 2. The van der Waals surface area contributed by atoms with Gasteiger partial charge in [-0.3, -0.25) is 0 Å². The van der Waals surface area contributed by atoms with Gasteiger partial charge in [0.25, 0.3) is 0 Å². The van der Waals surface area contributed by atoms with Crippen molar-refractivity contribution in [1.29, 1.82) is 0 Å². The highest BCUT2D eigenvalue weighted by atomic mass is 32.2. The Balaban J connectivity index is 2.37. The fraction of sp³-hybridized carbons (Fsp3) is 0.182. The monoisotopic (exact) mass is 219 g/mol. The molecular weight excluding hydrogens is 206 g/mol. The van der Waals surface area contributed by atoms with Crippen LogP contribution in [-0.4, -0.2) is 16.0 Å². The maximum Gasteiger partial charge on any atom is 0.148 e. The van der Waals surface area contributed by atoms with E-state index in [9.17, 15) is 0 Å². The smallest absolute Gasteiger partial charge is 0.148 e. The molecule has 0 radical (unpaired) electrons. The lowest BCUT2D eigenvalue weighted by Crippen LogP contribution is -1.95. The Hall–Kier alpha value is -1.42. The van der Waals surface area contributed by atoms with Crippen molar-refractivity contribution < 1.29 is 0 Å². The molecule has 0 aliphatic carbocycles. The SMILES string of the molecule is CSc1ccc(-n2cc(C)c(N)n2)cc1. The van der Waals surface area contributed by atoms with E-state index >= 15 is 0 Å². The van der Waals surface area contributed by atoms with Crippen molar-refractivity contribution in [3.05, 3.63) is 36.0 Å². The van der Waals surface area contributed by atoms with Gasteiger partial charge in [0.2, 0.25) is 0 Å². The number of aromatic nitrogens is 2. The largest absolute Gasteiger partial charge is 0.382 e. The van der Waals surface area contributed by atoms with Crippen LogP contribution in [0.3, 0.4) is 0 Å². The van der Waals surface area contributed by atoms with E-state index in [1.165, 1.54) is 4.90 Å². The van der Waals surface area contributed by atoms with Crippen LogP contribution < -0.4 is 5.73 Å². The summed E-state index contributed by atoms with van der Waals surface area (Å²) in [6.45, 7) is 1.95. The minimum Gasteiger partial charge on any atom is -0.382 e. The van der Waals surface area contributed by atoms with Gasteiger partial charge in [-0.2, -0.15) is 5.10 Å². The molecule has 1 aromatic carbocycles. The standard InChI is InChI=1S/C11H13N3S/c1-8-7-14(13-11(8)12)9-3-5-10(15-2)6-4-9/h3-7H,1-2H3,(H2,12,13). The molecule has 78 valence electrons. The van der Waals surface area contributed by atoms with Gasteiger partial charge in [-0.05, 0) is 37.4 Å². The van der Waals surface area contributed by atoms with E-state index in [-0.39, 0.29) is 0 Å². The molecule has 15 heavy (non-hydrogen) atoms. The molecule has 0 saturated heterocycles. The van der Waals surface area contributed by atoms with Gasteiger partial charge >= 0.3 is 0 Å². The Morgan fingerprint density at radius 2 is 1.93 bits per heavy atom. The van der Waals surface area contributed by atoms with Crippen molar-refractivity contribution in [2.45, 2.75) is 11.8 Å². The van der Waals surface area contributed by atoms with E-state index in [2.05, 4.69) is 23.5 Å². The van der Waals surface area contributed by atoms with E-state index in [0.29, 0.717) is 5.82 Å². The zero-order valence-electron chi connectivity index (χ0n) is 8.77. The van der Waals surface area contributed by atoms with E-state index in [0.717, 1.165) is 11.3 Å². The Kier molecular flexibility index (Phi) is 2.68. The third-order valence-corrected chi connectivity index (χ3v) is 3.02. The maximum atomic E-state index is 5.70. The Bertz CT molecular complexity index is 440. The second-order valence-corrected chi connectivity index (χ2v) is 4.22. The first-order valence-corrected chi connectivity index (χ1v) is 5.89. The summed E-state index contributed by atoms with van der Waals surface area (Å²) in [7, 11) is 0. The van der Waals surface area contributed by atoms with Gasteiger partial charge < -0.3 is 5.73 Å². The van der Waals surface area contributed by atoms with Gasteiger partial charge in [0.1, 0.15) is 5.82 Å². The topological polar surface area (TPSA) is 43.8 Å². The zero-order chi connectivity index (χ0) is 10.8. The van der Waals surface area contributed by atoms with Crippen molar-refractivity contribution >= 4 is 17.6 Å². The Morgan fingerprint density at radius 1 is 1.27 bits per heavy atom. The molecule has 0 bridgehead atoms. The van der Waals surface area contributed by atoms with Crippen LogP contribution in [0.4, 0.5) is 5.82 Å². The minimum atomic E-state index is 0.587. The van der Waals surface area contributed by atoms with E-state index in [1.54, 1.807) is 16.4 Å². The van der Waals surface area contributed by atoms with Crippen LogP contribution in [0.5, 0.6) is 0 Å². The highest BCUT2D eigenvalue weighted by Crippen LogP contribution is 2.18. The van der Waals surface area contributed by atoms with E-state index in [4.69, 9.17) is 5.73 Å². The summed E-state index contributed by atoms with van der Waals surface area (Å²) in [6.07, 6.45) is 3.99.